The van der Waals surface area contributed by atoms with Gasteiger partial charge in [-0.25, -0.2) is 0 Å². The van der Waals surface area contributed by atoms with Crippen molar-refractivity contribution in [3.05, 3.63) is 22.3 Å². The summed E-state index contributed by atoms with van der Waals surface area (Å²) in [6, 6.07) is 3.70. The van der Waals surface area contributed by atoms with Gasteiger partial charge in [-0.05, 0) is 19.2 Å². The van der Waals surface area contributed by atoms with E-state index < -0.39 is 0 Å². The number of nitrogens with one attached hydrogen (secondary N) is 1. The number of rotatable bonds is 4. The van der Waals surface area contributed by atoms with Gasteiger partial charge in [0.1, 0.15) is 0 Å². The summed E-state index contributed by atoms with van der Waals surface area (Å²) >= 11 is 7.25. The van der Waals surface area contributed by atoms with Crippen LogP contribution in [0.3, 0.4) is 0 Å². The molecule has 2 rings (SSSR count). The maximum Gasteiger partial charge on any atom is 0.268 e. The second-order valence-corrected chi connectivity index (χ2v) is 4.69. The lowest BCUT2D eigenvalue weighted by Crippen LogP contribution is -2.10. The van der Waals surface area contributed by atoms with Gasteiger partial charge in [0.2, 0.25) is 0 Å². The zero-order valence-electron chi connectivity index (χ0n) is 8.16. The Hall–Kier alpha value is -0.910. The predicted octanol–water partition coefficient (Wildman–Crippen LogP) is 2.21. The van der Waals surface area contributed by atoms with Crippen LogP contribution in [0.2, 0.25) is 4.34 Å². The van der Waals surface area contributed by atoms with Crippen LogP contribution < -0.4 is 5.32 Å². The second kappa shape index (κ2) is 4.74. The van der Waals surface area contributed by atoms with E-state index in [1.54, 1.807) is 0 Å². The number of nitrogens with zero attached hydrogens (tertiary/aromatic N) is 2. The molecule has 2 aromatic heterocycles. The van der Waals surface area contributed by atoms with Crippen molar-refractivity contribution in [3.8, 4) is 10.8 Å². The molecule has 0 aliphatic rings. The maximum absolute atomic E-state index is 5.82. The summed E-state index contributed by atoms with van der Waals surface area (Å²) in [6.07, 6.45) is 0.763. The molecule has 2 heterocycles. The summed E-state index contributed by atoms with van der Waals surface area (Å²) in [6.45, 7) is 0.837. The van der Waals surface area contributed by atoms with Crippen molar-refractivity contribution < 1.29 is 4.52 Å². The molecule has 0 radical (unpaired) electrons. The minimum atomic E-state index is 0.540. The van der Waals surface area contributed by atoms with Crippen LogP contribution in [0.15, 0.2) is 16.7 Å². The number of likely N-dealkylation sites (N-methyl/N-ethyl adjacent to an activating group) is 1. The molecule has 0 saturated heterocycles. The van der Waals surface area contributed by atoms with Crippen LogP contribution in [-0.4, -0.2) is 23.7 Å². The maximum atomic E-state index is 5.82. The van der Waals surface area contributed by atoms with Crippen LogP contribution in [0.5, 0.6) is 0 Å². The number of thiophene rings is 1. The van der Waals surface area contributed by atoms with Gasteiger partial charge in [0.25, 0.3) is 5.89 Å². The highest BCUT2D eigenvalue weighted by atomic mass is 35.5. The van der Waals surface area contributed by atoms with Crippen molar-refractivity contribution in [1.29, 1.82) is 0 Å². The highest BCUT2D eigenvalue weighted by Crippen LogP contribution is 2.29. The molecule has 6 heteroatoms. The van der Waals surface area contributed by atoms with Crippen molar-refractivity contribution in [2.45, 2.75) is 6.42 Å². The molecule has 1 N–H and O–H groups in total. The summed E-state index contributed by atoms with van der Waals surface area (Å²) in [5.74, 6) is 1.25. The largest absolute Gasteiger partial charge is 0.333 e. The Kier molecular flexibility index (Phi) is 3.35. The molecule has 0 unspecified atom stereocenters. The van der Waals surface area contributed by atoms with E-state index in [0.29, 0.717) is 11.7 Å². The zero-order valence-corrected chi connectivity index (χ0v) is 9.73. The molecule has 0 spiro atoms. The van der Waals surface area contributed by atoms with Gasteiger partial charge in [-0.1, -0.05) is 16.8 Å². The lowest BCUT2D eigenvalue weighted by atomic mass is 10.4. The van der Waals surface area contributed by atoms with Gasteiger partial charge in [0, 0.05) is 13.0 Å². The smallest absolute Gasteiger partial charge is 0.268 e. The Morgan fingerprint density at radius 2 is 2.40 bits per heavy atom. The highest BCUT2D eigenvalue weighted by molar-refractivity contribution is 7.19. The summed E-state index contributed by atoms with van der Waals surface area (Å²) in [7, 11) is 1.89. The molecule has 0 aliphatic carbocycles. The van der Waals surface area contributed by atoms with Crippen LogP contribution >= 0.6 is 22.9 Å². The van der Waals surface area contributed by atoms with Crippen molar-refractivity contribution in [2.24, 2.45) is 0 Å². The van der Waals surface area contributed by atoms with E-state index in [1.165, 1.54) is 11.3 Å². The number of hydrogen-bond donors (Lipinski definition) is 1. The van der Waals surface area contributed by atoms with Gasteiger partial charge in [0.15, 0.2) is 5.82 Å². The third-order valence-electron chi connectivity index (χ3n) is 1.85. The average Bonchev–Trinajstić information content (AvgIpc) is 2.83. The molecule has 0 bridgehead atoms. The van der Waals surface area contributed by atoms with E-state index in [1.807, 2.05) is 19.2 Å². The predicted molar refractivity (Wildman–Crippen MR) is 60.3 cm³/mol. The summed E-state index contributed by atoms with van der Waals surface area (Å²) in [5, 5.41) is 6.91. The first-order valence-corrected chi connectivity index (χ1v) is 5.72. The molecule has 0 fully saturated rings. The summed E-state index contributed by atoms with van der Waals surface area (Å²) in [4.78, 5) is 5.17. The normalized spacial score (nSPS) is 10.8. The van der Waals surface area contributed by atoms with Crippen molar-refractivity contribution >= 4 is 22.9 Å². The molecular formula is C9H10ClN3OS. The molecule has 2 aromatic rings. The van der Waals surface area contributed by atoms with Gasteiger partial charge < -0.3 is 9.84 Å². The topological polar surface area (TPSA) is 51.0 Å². The third-order valence-corrected chi connectivity index (χ3v) is 3.07. The van der Waals surface area contributed by atoms with Gasteiger partial charge in [-0.15, -0.1) is 11.3 Å². The number of aromatic nitrogens is 2. The van der Waals surface area contributed by atoms with Crippen LogP contribution in [0, 0.1) is 0 Å². The van der Waals surface area contributed by atoms with E-state index in [9.17, 15) is 0 Å². The van der Waals surface area contributed by atoms with Crippen LogP contribution in [0.1, 0.15) is 5.82 Å². The molecule has 80 valence electrons. The molecule has 0 aliphatic heterocycles. The quantitative estimate of drug-likeness (QED) is 0.895. The van der Waals surface area contributed by atoms with Crippen molar-refractivity contribution in [1.82, 2.24) is 15.5 Å². The van der Waals surface area contributed by atoms with Gasteiger partial charge in [-0.2, -0.15) is 4.98 Å². The molecule has 15 heavy (non-hydrogen) atoms. The first-order valence-electron chi connectivity index (χ1n) is 4.52. The van der Waals surface area contributed by atoms with Crippen molar-refractivity contribution in [3.63, 3.8) is 0 Å². The molecule has 0 aromatic carbocycles. The fraction of sp³-hybridized carbons (Fsp3) is 0.333. The molecule has 0 atom stereocenters. The Labute approximate surface area is 96.3 Å². The minimum absolute atomic E-state index is 0.540. The minimum Gasteiger partial charge on any atom is -0.333 e. The van der Waals surface area contributed by atoms with E-state index in [4.69, 9.17) is 16.1 Å². The Balaban J connectivity index is 2.13. The van der Waals surface area contributed by atoms with E-state index in [2.05, 4.69) is 15.5 Å². The van der Waals surface area contributed by atoms with Gasteiger partial charge >= 0.3 is 0 Å². The number of halogens is 1. The van der Waals surface area contributed by atoms with Crippen LogP contribution in [-0.2, 0) is 6.42 Å². The molecule has 4 nitrogen and oxygen atoms in total. The second-order valence-electron chi connectivity index (χ2n) is 2.97. The average molecular weight is 244 g/mol. The van der Waals surface area contributed by atoms with Crippen LogP contribution in [0.4, 0.5) is 0 Å². The third kappa shape index (κ3) is 2.56. The highest BCUT2D eigenvalue weighted by Gasteiger charge is 2.10. The van der Waals surface area contributed by atoms with E-state index in [0.717, 1.165) is 22.2 Å². The van der Waals surface area contributed by atoms with Gasteiger partial charge in [0.05, 0.1) is 9.21 Å². The fourth-order valence-corrected chi connectivity index (χ4v) is 2.09. The summed E-state index contributed by atoms with van der Waals surface area (Å²) < 4.78 is 5.85. The first-order chi connectivity index (χ1) is 7.29. The Morgan fingerprint density at radius 1 is 1.53 bits per heavy atom. The SMILES string of the molecule is CNCCc1noc(-c2ccc(Cl)s2)n1. The van der Waals surface area contributed by atoms with Gasteiger partial charge in [-0.3, -0.25) is 0 Å². The van der Waals surface area contributed by atoms with E-state index in [-0.39, 0.29) is 0 Å². The van der Waals surface area contributed by atoms with Crippen molar-refractivity contribution in [2.75, 3.05) is 13.6 Å². The monoisotopic (exact) mass is 243 g/mol. The standard InChI is InChI=1S/C9H10ClN3OS/c1-11-5-4-8-12-9(14-13-8)6-2-3-7(10)15-6/h2-3,11H,4-5H2,1H3. The van der Waals surface area contributed by atoms with Crippen LogP contribution in [0.25, 0.3) is 10.8 Å². The molecule has 0 saturated carbocycles. The molecule has 0 amide bonds. The zero-order chi connectivity index (χ0) is 10.7. The Bertz CT molecular complexity index is 440. The van der Waals surface area contributed by atoms with E-state index >= 15 is 0 Å². The lowest BCUT2D eigenvalue weighted by molar-refractivity contribution is 0.423. The number of hydrogen-bond acceptors (Lipinski definition) is 5. The lowest BCUT2D eigenvalue weighted by Gasteiger charge is -1.90. The Morgan fingerprint density at radius 3 is 3.07 bits per heavy atom. The molecular weight excluding hydrogens is 234 g/mol. The first kappa shape index (κ1) is 10.6. The fourth-order valence-electron chi connectivity index (χ4n) is 1.12. The summed E-state index contributed by atoms with van der Waals surface area (Å²) in [5.41, 5.74) is 0.